The highest BCUT2D eigenvalue weighted by Gasteiger charge is 1.95. The van der Waals surface area contributed by atoms with Gasteiger partial charge in [0.2, 0.25) is 0 Å². The van der Waals surface area contributed by atoms with Gasteiger partial charge in [0.25, 0.3) is 0 Å². The van der Waals surface area contributed by atoms with E-state index in [-0.39, 0.29) is 6.15 Å². The molecule has 0 aliphatic carbocycles. The molecule has 0 fully saturated rings. The smallest absolute Gasteiger partial charge is 0.00773 e. The average Bonchev–Trinajstić information content (AvgIpc) is 2.70. The molecule has 0 aliphatic rings. The third-order valence-corrected chi connectivity index (χ3v) is 5.56. The molecule has 0 saturated heterocycles. The number of nitrogens with two attached hydrogens (primary N) is 1. The van der Waals surface area contributed by atoms with Gasteiger partial charge in [-0.15, -0.1) is 0 Å². The van der Waals surface area contributed by atoms with E-state index in [1.807, 2.05) is 0 Å². The second kappa shape index (κ2) is 34.4. The van der Waals surface area contributed by atoms with E-state index in [0.717, 1.165) is 6.54 Å². The van der Waals surface area contributed by atoms with Crippen molar-refractivity contribution in [2.45, 2.75) is 162 Å². The molecule has 0 aromatic rings. The van der Waals surface area contributed by atoms with Crippen LogP contribution in [0.15, 0.2) is 0 Å². The quantitative estimate of drug-likeness (QED) is 0.188. The van der Waals surface area contributed by atoms with Gasteiger partial charge in [-0.1, -0.05) is 156 Å². The first-order valence-electron chi connectivity index (χ1n) is 13.0. The molecule has 0 unspecified atom stereocenters. The summed E-state index contributed by atoms with van der Waals surface area (Å²) in [6.45, 7) is 7.53. The summed E-state index contributed by atoms with van der Waals surface area (Å²) >= 11 is 0. The van der Waals surface area contributed by atoms with Crippen molar-refractivity contribution in [2.24, 2.45) is 5.73 Å². The minimum atomic E-state index is 0. The highest BCUT2D eigenvalue weighted by Crippen LogP contribution is 2.14. The Hall–Kier alpha value is -0.0800. The second-order valence-corrected chi connectivity index (χ2v) is 8.51. The van der Waals surface area contributed by atoms with Crippen LogP contribution in [-0.2, 0) is 0 Å². The molecule has 0 amide bonds. The maximum atomic E-state index is 5.51. The van der Waals surface area contributed by atoms with E-state index in [1.54, 1.807) is 0 Å². The average molecular weight is 401 g/mol. The topological polar surface area (TPSA) is 61.0 Å². The molecule has 5 N–H and O–H groups in total. The summed E-state index contributed by atoms with van der Waals surface area (Å²) < 4.78 is 0. The van der Waals surface area contributed by atoms with Crippen molar-refractivity contribution in [1.82, 2.24) is 6.15 Å². The van der Waals surface area contributed by atoms with Crippen LogP contribution in [0.5, 0.6) is 0 Å². The Morgan fingerprint density at radius 2 is 0.536 bits per heavy atom. The summed E-state index contributed by atoms with van der Waals surface area (Å²) in [6, 6.07) is 0. The van der Waals surface area contributed by atoms with Crippen LogP contribution in [0.4, 0.5) is 0 Å². The molecular weight excluding hydrogens is 340 g/mol. The van der Waals surface area contributed by atoms with Crippen molar-refractivity contribution < 1.29 is 0 Å². The molecule has 0 radical (unpaired) electrons. The molecule has 2 nitrogen and oxygen atoms in total. The largest absolute Gasteiger partial charge is 0.344 e. The van der Waals surface area contributed by atoms with Crippen LogP contribution in [0, 0.1) is 0 Å². The van der Waals surface area contributed by atoms with Crippen LogP contribution in [0.1, 0.15) is 162 Å². The molecule has 0 aliphatic heterocycles. The van der Waals surface area contributed by atoms with E-state index >= 15 is 0 Å². The van der Waals surface area contributed by atoms with Gasteiger partial charge in [-0.3, -0.25) is 0 Å². The summed E-state index contributed by atoms with van der Waals surface area (Å²) in [7, 11) is 0. The first-order chi connectivity index (χ1) is 13.3. The third kappa shape index (κ3) is 36.8. The first kappa shape index (κ1) is 32.6. The molecule has 0 rings (SSSR count). The molecule has 0 spiro atoms. The van der Waals surface area contributed by atoms with Crippen LogP contribution < -0.4 is 11.9 Å². The lowest BCUT2D eigenvalue weighted by atomic mass is 10.0. The third-order valence-electron chi connectivity index (χ3n) is 5.56. The number of hydrogen-bond donors (Lipinski definition) is 2. The van der Waals surface area contributed by atoms with Crippen LogP contribution in [0.2, 0.25) is 0 Å². The lowest BCUT2D eigenvalue weighted by Crippen LogP contribution is -1.97. The summed E-state index contributed by atoms with van der Waals surface area (Å²) in [5, 5.41) is 0. The number of hydrogen-bond acceptors (Lipinski definition) is 2. The molecule has 0 heterocycles. The van der Waals surface area contributed by atoms with Crippen molar-refractivity contribution in [3.8, 4) is 0 Å². The SMILES string of the molecule is CCCC.CCCCCCCCCCCCCCCCCCCCCCN.N. The monoisotopic (exact) mass is 400 g/mol. The minimum absolute atomic E-state index is 0. The van der Waals surface area contributed by atoms with Crippen LogP contribution in [0.3, 0.4) is 0 Å². The van der Waals surface area contributed by atoms with Crippen molar-refractivity contribution in [1.29, 1.82) is 0 Å². The zero-order chi connectivity index (χ0) is 20.3. The first-order valence-corrected chi connectivity index (χ1v) is 13.0. The Morgan fingerprint density at radius 3 is 0.714 bits per heavy atom. The predicted octanol–water partition coefficient (Wildman–Crippen LogP) is 9.74. The van der Waals surface area contributed by atoms with E-state index < -0.39 is 0 Å². The molecule has 174 valence electrons. The van der Waals surface area contributed by atoms with Gasteiger partial charge in [-0.05, 0) is 13.0 Å². The lowest BCUT2D eigenvalue weighted by Gasteiger charge is -2.04. The zero-order valence-corrected chi connectivity index (χ0v) is 20.5. The van der Waals surface area contributed by atoms with E-state index in [9.17, 15) is 0 Å². The number of unbranched alkanes of at least 4 members (excludes halogenated alkanes) is 20. The standard InChI is InChI=1S/C22H47N.C4H10.H3N/c1-2-3-4-5-6-7-8-9-10-11-12-13-14-15-16-17-18-19-20-21-22-23;1-3-4-2;/h2-23H2,1H3;3-4H2,1-2H3;1H3. The van der Waals surface area contributed by atoms with Gasteiger partial charge in [0.1, 0.15) is 0 Å². The number of rotatable bonds is 21. The van der Waals surface area contributed by atoms with Crippen molar-refractivity contribution in [3.05, 3.63) is 0 Å². The molecule has 0 aromatic carbocycles. The van der Waals surface area contributed by atoms with Gasteiger partial charge < -0.3 is 11.9 Å². The molecule has 2 heteroatoms. The molecule has 0 atom stereocenters. The summed E-state index contributed by atoms with van der Waals surface area (Å²) in [4.78, 5) is 0. The minimum Gasteiger partial charge on any atom is -0.344 e. The molecule has 0 bridgehead atoms. The highest BCUT2D eigenvalue weighted by molar-refractivity contribution is 4.50. The van der Waals surface area contributed by atoms with Gasteiger partial charge in [0, 0.05) is 0 Å². The molecule has 0 aromatic heterocycles. The molecule has 28 heavy (non-hydrogen) atoms. The van der Waals surface area contributed by atoms with Gasteiger partial charge in [0.15, 0.2) is 0 Å². The van der Waals surface area contributed by atoms with Crippen molar-refractivity contribution in [3.63, 3.8) is 0 Å². The maximum absolute atomic E-state index is 5.51. The fourth-order valence-electron chi connectivity index (χ4n) is 3.40. The Balaban J connectivity index is -0.00000113. The van der Waals surface area contributed by atoms with Gasteiger partial charge >= 0.3 is 0 Å². The Bertz CT molecular complexity index is 196. The Morgan fingerprint density at radius 1 is 0.321 bits per heavy atom. The Labute approximate surface area is 180 Å². The predicted molar refractivity (Wildman–Crippen MR) is 133 cm³/mol. The normalized spacial score (nSPS) is 10.3. The van der Waals surface area contributed by atoms with Crippen molar-refractivity contribution in [2.75, 3.05) is 6.54 Å². The van der Waals surface area contributed by atoms with Crippen LogP contribution in [0.25, 0.3) is 0 Å². The van der Waals surface area contributed by atoms with Gasteiger partial charge in [-0.25, -0.2) is 0 Å². The van der Waals surface area contributed by atoms with E-state index in [4.69, 9.17) is 5.73 Å². The highest BCUT2D eigenvalue weighted by atomic mass is 14.5. The zero-order valence-electron chi connectivity index (χ0n) is 20.5. The summed E-state index contributed by atoms with van der Waals surface area (Å²) in [5.74, 6) is 0. The summed E-state index contributed by atoms with van der Waals surface area (Å²) in [6.07, 6.45) is 31.5. The van der Waals surface area contributed by atoms with Crippen LogP contribution in [-0.4, -0.2) is 6.54 Å². The molecular formula is C26H60N2. The maximum Gasteiger partial charge on any atom is -0.00773 e. The second-order valence-electron chi connectivity index (χ2n) is 8.51. The van der Waals surface area contributed by atoms with Crippen LogP contribution >= 0.6 is 0 Å². The van der Waals surface area contributed by atoms with E-state index in [0.29, 0.717) is 0 Å². The lowest BCUT2D eigenvalue weighted by molar-refractivity contribution is 0.522. The van der Waals surface area contributed by atoms with Gasteiger partial charge in [0.05, 0.1) is 0 Å². The van der Waals surface area contributed by atoms with Gasteiger partial charge in [-0.2, -0.15) is 0 Å². The van der Waals surface area contributed by atoms with Crippen molar-refractivity contribution >= 4 is 0 Å². The van der Waals surface area contributed by atoms with E-state index in [2.05, 4.69) is 20.8 Å². The van der Waals surface area contributed by atoms with E-state index in [1.165, 1.54) is 141 Å². The fourth-order valence-corrected chi connectivity index (χ4v) is 3.40. The molecule has 0 saturated carbocycles. The fraction of sp³-hybridized carbons (Fsp3) is 1.00. The summed E-state index contributed by atoms with van der Waals surface area (Å²) in [5.41, 5.74) is 5.51. The Kier molecular flexibility index (Phi) is 40.1.